The van der Waals surface area contributed by atoms with Crippen LogP contribution in [0.2, 0.25) is 0 Å². The zero-order chi connectivity index (χ0) is 16.7. The van der Waals surface area contributed by atoms with Gasteiger partial charge in [0, 0.05) is 44.5 Å². The van der Waals surface area contributed by atoms with Crippen LogP contribution >= 0.6 is 11.8 Å². The number of thioether (sulfide) groups is 1. The van der Waals surface area contributed by atoms with Crippen molar-refractivity contribution in [2.24, 2.45) is 0 Å². The summed E-state index contributed by atoms with van der Waals surface area (Å²) in [5.41, 5.74) is 4.71. The van der Waals surface area contributed by atoms with Crippen LogP contribution in [0.3, 0.4) is 0 Å². The number of nitrogens with zero attached hydrogens (tertiary/aromatic N) is 2. The van der Waals surface area contributed by atoms with Crippen molar-refractivity contribution in [3.05, 3.63) is 59.4 Å². The van der Waals surface area contributed by atoms with E-state index in [2.05, 4.69) is 40.3 Å². The first-order valence-electron chi connectivity index (χ1n) is 7.56. The minimum atomic E-state index is 0.0696. The standard InChI is InChI=1S/C18H23N3OS/c1-14-10-17(21(2)3)5-4-16(14)11-20-18(22)13-23-12-15-6-8-19-9-7-15/h4-10H,11-13H2,1-3H3,(H,20,22). The van der Waals surface area contributed by atoms with Crippen LogP contribution in [0, 0.1) is 6.92 Å². The molecule has 0 aliphatic rings. The van der Waals surface area contributed by atoms with E-state index in [1.165, 1.54) is 16.8 Å². The minimum Gasteiger partial charge on any atom is -0.378 e. The van der Waals surface area contributed by atoms with Gasteiger partial charge in [-0.1, -0.05) is 6.07 Å². The van der Waals surface area contributed by atoms with E-state index >= 15 is 0 Å². The Bertz CT molecular complexity index is 644. The molecule has 0 atom stereocenters. The Morgan fingerprint density at radius 1 is 1.22 bits per heavy atom. The van der Waals surface area contributed by atoms with Gasteiger partial charge < -0.3 is 10.2 Å². The molecule has 1 aromatic heterocycles. The Morgan fingerprint density at radius 3 is 2.61 bits per heavy atom. The zero-order valence-corrected chi connectivity index (χ0v) is 14.7. The van der Waals surface area contributed by atoms with Crippen LogP contribution in [-0.4, -0.2) is 30.7 Å². The zero-order valence-electron chi connectivity index (χ0n) is 13.9. The summed E-state index contributed by atoms with van der Waals surface area (Å²) in [7, 11) is 4.05. The van der Waals surface area contributed by atoms with Gasteiger partial charge in [-0.3, -0.25) is 9.78 Å². The predicted molar refractivity (Wildman–Crippen MR) is 97.8 cm³/mol. The van der Waals surface area contributed by atoms with E-state index in [4.69, 9.17) is 0 Å². The van der Waals surface area contributed by atoms with E-state index < -0.39 is 0 Å². The maximum Gasteiger partial charge on any atom is 0.230 e. The summed E-state index contributed by atoms with van der Waals surface area (Å²) in [4.78, 5) is 18.0. The molecule has 0 unspecified atom stereocenters. The fraction of sp³-hybridized carbons (Fsp3) is 0.333. The van der Waals surface area contributed by atoms with Crippen molar-refractivity contribution in [1.82, 2.24) is 10.3 Å². The second kappa shape index (κ2) is 8.58. The van der Waals surface area contributed by atoms with Crippen LogP contribution in [0.15, 0.2) is 42.7 Å². The second-order valence-corrected chi connectivity index (χ2v) is 6.62. The molecule has 23 heavy (non-hydrogen) atoms. The first-order chi connectivity index (χ1) is 11.1. The molecule has 0 bridgehead atoms. The molecular weight excluding hydrogens is 306 g/mol. The molecule has 1 heterocycles. The van der Waals surface area contributed by atoms with Crippen LogP contribution in [-0.2, 0) is 17.1 Å². The molecule has 0 aliphatic heterocycles. The van der Waals surface area contributed by atoms with Crippen molar-refractivity contribution in [2.75, 3.05) is 24.7 Å². The summed E-state index contributed by atoms with van der Waals surface area (Å²) < 4.78 is 0. The topological polar surface area (TPSA) is 45.2 Å². The molecule has 0 spiro atoms. The number of rotatable bonds is 7. The van der Waals surface area contributed by atoms with Crippen molar-refractivity contribution in [2.45, 2.75) is 19.2 Å². The Kier molecular flexibility index (Phi) is 6.47. The Hall–Kier alpha value is -2.01. The number of carbonyl (C=O) groups excluding carboxylic acids is 1. The number of hydrogen-bond acceptors (Lipinski definition) is 4. The molecule has 1 N–H and O–H groups in total. The lowest BCUT2D eigenvalue weighted by Crippen LogP contribution is -2.25. The average Bonchev–Trinajstić information content (AvgIpc) is 2.54. The highest BCUT2D eigenvalue weighted by atomic mass is 32.2. The third-order valence-electron chi connectivity index (χ3n) is 3.57. The summed E-state index contributed by atoms with van der Waals surface area (Å²) in [5, 5.41) is 2.99. The quantitative estimate of drug-likeness (QED) is 0.848. The Morgan fingerprint density at radius 2 is 1.96 bits per heavy atom. The molecule has 0 saturated carbocycles. The minimum absolute atomic E-state index is 0.0696. The number of pyridine rings is 1. The number of nitrogens with one attached hydrogen (secondary N) is 1. The predicted octanol–water partition coefficient (Wildman–Crippen LogP) is 3.01. The monoisotopic (exact) mass is 329 g/mol. The third kappa shape index (κ3) is 5.60. The van der Waals surface area contributed by atoms with E-state index in [9.17, 15) is 4.79 Å². The molecule has 0 radical (unpaired) electrons. The number of aryl methyl sites for hydroxylation is 1. The van der Waals surface area contributed by atoms with Gasteiger partial charge in [0.15, 0.2) is 0 Å². The number of carbonyl (C=O) groups is 1. The molecule has 1 amide bonds. The van der Waals surface area contributed by atoms with Crippen LogP contribution in [0.5, 0.6) is 0 Å². The number of benzene rings is 1. The summed E-state index contributed by atoms with van der Waals surface area (Å²) in [6, 6.07) is 10.2. The number of anilines is 1. The summed E-state index contributed by atoms with van der Waals surface area (Å²) in [5.74, 6) is 1.36. The molecular formula is C18H23N3OS. The lowest BCUT2D eigenvalue weighted by atomic mass is 10.1. The molecule has 2 aromatic rings. The van der Waals surface area contributed by atoms with Gasteiger partial charge in [0.05, 0.1) is 5.75 Å². The SMILES string of the molecule is Cc1cc(N(C)C)ccc1CNC(=O)CSCc1ccncc1. The fourth-order valence-electron chi connectivity index (χ4n) is 2.14. The normalized spacial score (nSPS) is 10.4. The highest BCUT2D eigenvalue weighted by Crippen LogP contribution is 2.17. The van der Waals surface area contributed by atoms with Crippen molar-refractivity contribution >= 4 is 23.4 Å². The van der Waals surface area contributed by atoms with Crippen molar-refractivity contribution in [3.63, 3.8) is 0 Å². The summed E-state index contributed by atoms with van der Waals surface area (Å²) >= 11 is 1.61. The fourth-order valence-corrected chi connectivity index (χ4v) is 2.96. The third-order valence-corrected chi connectivity index (χ3v) is 4.57. The number of amides is 1. The van der Waals surface area contributed by atoms with Gasteiger partial charge in [0.2, 0.25) is 5.91 Å². The van der Waals surface area contributed by atoms with Crippen molar-refractivity contribution < 1.29 is 4.79 Å². The van der Waals surface area contributed by atoms with Gasteiger partial charge in [-0.25, -0.2) is 0 Å². The van der Waals surface area contributed by atoms with E-state index in [0.717, 1.165) is 11.3 Å². The van der Waals surface area contributed by atoms with Gasteiger partial charge >= 0.3 is 0 Å². The first-order valence-corrected chi connectivity index (χ1v) is 8.72. The average molecular weight is 329 g/mol. The number of aromatic nitrogens is 1. The molecule has 2 rings (SSSR count). The van der Waals surface area contributed by atoms with Gasteiger partial charge in [-0.15, -0.1) is 11.8 Å². The molecule has 4 nitrogen and oxygen atoms in total. The molecule has 0 fully saturated rings. The Balaban J connectivity index is 1.76. The van der Waals surface area contributed by atoms with Gasteiger partial charge in [0.1, 0.15) is 0 Å². The lowest BCUT2D eigenvalue weighted by Gasteiger charge is -2.15. The molecule has 122 valence electrons. The van der Waals surface area contributed by atoms with Crippen LogP contribution in [0.1, 0.15) is 16.7 Å². The van der Waals surface area contributed by atoms with Gasteiger partial charge in [-0.2, -0.15) is 0 Å². The smallest absolute Gasteiger partial charge is 0.230 e. The van der Waals surface area contributed by atoms with E-state index in [-0.39, 0.29) is 5.91 Å². The second-order valence-electron chi connectivity index (χ2n) is 5.63. The van der Waals surface area contributed by atoms with Gasteiger partial charge in [0.25, 0.3) is 0 Å². The highest BCUT2D eigenvalue weighted by molar-refractivity contribution is 7.99. The molecule has 5 heteroatoms. The maximum atomic E-state index is 11.9. The van der Waals surface area contributed by atoms with E-state index in [0.29, 0.717) is 12.3 Å². The summed E-state index contributed by atoms with van der Waals surface area (Å²) in [6.45, 7) is 2.65. The van der Waals surface area contributed by atoms with Crippen molar-refractivity contribution in [1.29, 1.82) is 0 Å². The van der Waals surface area contributed by atoms with Crippen LogP contribution < -0.4 is 10.2 Å². The van der Waals surface area contributed by atoms with Crippen LogP contribution in [0.25, 0.3) is 0 Å². The largest absolute Gasteiger partial charge is 0.378 e. The Labute approximate surface area is 142 Å². The van der Waals surface area contributed by atoms with E-state index in [1.807, 2.05) is 26.2 Å². The first kappa shape index (κ1) is 17.3. The van der Waals surface area contributed by atoms with E-state index in [1.54, 1.807) is 24.2 Å². The van der Waals surface area contributed by atoms with Crippen LogP contribution in [0.4, 0.5) is 5.69 Å². The van der Waals surface area contributed by atoms with Gasteiger partial charge in [-0.05, 0) is 47.9 Å². The maximum absolute atomic E-state index is 11.9. The number of hydrogen-bond donors (Lipinski definition) is 1. The molecule has 0 saturated heterocycles. The summed E-state index contributed by atoms with van der Waals surface area (Å²) in [6.07, 6.45) is 3.55. The highest BCUT2D eigenvalue weighted by Gasteiger charge is 2.05. The molecule has 1 aromatic carbocycles. The molecule has 0 aliphatic carbocycles. The lowest BCUT2D eigenvalue weighted by molar-refractivity contribution is -0.118. The van der Waals surface area contributed by atoms with Crippen molar-refractivity contribution in [3.8, 4) is 0 Å².